The second kappa shape index (κ2) is 4.80. The van der Waals surface area contributed by atoms with Gasteiger partial charge in [0.1, 0.15) is 0 Å². The third-order valence-electron chi connectivity index (χ3n) is 2.80. The summed E-state index contributed by atoms with van der Waals surface area (Å²) >= 11 is 0. The van der Waals surface area contributed by atoms with Gasteiger partial charge < -0.3 is 14.8 Å². The van der Waals surface area contributed by atoms with Gasteiger partial charge in [0.05, 0.1) is 0 Å². The molecular weight excluding hydrogens is 212 g/mol. The molecule has 1 N–H and O–H groups in total. The number of imide groups is 1. The first kappa shape index (κ1) is 12.9. The maximum Gasteiger partial charge on any atom is 0.324 e. The van der Waals surface area contributed by atoms with Crippen LogP contribution in [0.1, 0.15) is 19.8 Å². The molecule has 16 heavy (non-hydrogen) atoms. The number of ether oxygens (including phenoxy) is 2. The minimum atomic E-state index is -1.09. The van der Waals surface area contributed by atoms with E-state index in [2.05, 4.69) is 5.32 Å². The molecule has 1 rings (SSSR count). The van der Waals surface area contributed by atoms with Crippen molar-refractivity contribution in [3.63, 3.8) is 0 Å². The Morgan fingerprint density at radius 2 is 1.94 bits per heavy atom. The molecular formula is C10H18N2O4. The lowest BCUT2D eigenvalue weighted by Crippen LogP contribution is -2.57. The fraction of sp³-hybridized carbons (Fsp3) is 0.800. The molecule has 0 spiro atoms. The lowest BCUT2D eigenvalue weighted by molar-refractivity contribution is -0.169. The number of urea groups is 1. The highest BCUT2D eigenvalue weighted by atomic mass is 16.7. The average Bonchev–Trinajstić information content (AvgIpc) is 2.47. The van der Waals surface area contributed by atoms with Crippen molar-refractivity contribution >= 4 is 11.9 Å². The highest BCUT2D eigenvalue weighted by Gasteiger charge is 2.55. The summed E-state index contributed by atoms with van der Waals surface area (Å²) in [7, 11) is 4.34. The third kappa shape index (κ3) is 1.78. The molecule has 0 unspecified atom stereocenters. The second-order valence-electron chi connectivity index (χ2n) is 3.82. The number of hydrogen-bond acceptors (Lipinski definition) is 4. The fourth-order valence-electron chi connectivity index (χ4n) is 2.06. The Bertz CT molecular complexity index is 291. The summed E-state index contributed by atoms with van der Waals surface area (Å²) in [6.45, 7) is 1.93. The minimum Gasteiger partial charge on any atom is -0.353 e. The predicted molar refractivity (Wildman–Crippen MR) is 56.7 cm³/mol. The first-order chi connectivity index (χ1) is 7.53. The van der Waals surface area contributed by atoms with E-state index >= 15 is 0 Å². The van der Waals surface area contributed by atoms with Gasteiger partial charge in [-0.15, -0.1) is 0 Å². The highest BCUT2D eigenvalue weighted by molar-refractivity contribution is 6.07. The van der Waals surface area contributed by atoms with Crippen LogP contribution in [0.25, 0.3) is 0 Å². The van der Waals surface area contributed by atoms with Crippen LogP contribution < -0.4 is 5.32 Å². The second-order valence-corrected chi connectivity index (χ2v) is 3.82. The van der Waals surface area contributed by atoms with Crippen LogP contribution in [0, 0.1) is 0 Å². The number of methoxy groups -OCH3 is 2. The van der Waals surface area contributed by atoms with Gasteiger partial charge >= 0.3 is 6.03 Å². The summed E-state index contributed by atoms with van der Waals surface area (Å²) in [5.74, 6) is -0.312. The van der Waals surface area contributed by atoms with E-state index in [-0.39, 0.29) is 5.91 Å². The van der Waals surface area contributed by atoms with E-state index in [0.717, 1.165) is 11.3 Å². The Kier molecular flexibility index (Phi) is 3.88. The van der Waals surface area contributed by atoms with Gasteiger partial charge in [-0.2, -0.15) is 0 Å². The first-order valence-electron chi connectivity index (χ1n) is 5.19. The van der Waals surface area contributed by atoms with Crippen molar-refractivity contribution in [3.8, 4) is 0 Å². The van der Waals surface area contributed by atoms with Crippen LogP contribution >= 0.6 is 0 Å². The molecule has 0 saturated carbocycles. The van der Waals surface area contributed by atoms with Crippen LogP contribution in [-0.4, -0.2) is 49.9 Å². The number of rotatable bonds is 5. The zero-order chi connectivity index (χ0) is 12.3. The molecule has 1 saturated heterocycles. The topological polar surface area (TPSA) is 67.9 Å². The van der Waals surface area contributed by atoms with Crippen LogP contribution in [0.15, 0.2) is 0 Å². The largest absolute Gasteiger partial charge is 0.353 e. The Balaban J connectivity index is 3.06. The van der Waals surface area contributed by atoms with Crippen molar-refractivity contribution in [2.24, 2.45) is 0 Å². The average molecular weight is 230 g/mol. The highest BCUT2D eigenvalue weighted by Crippen LogP contribution is 2.28. The van der Waals surface area contributed by atoms with Crippen molar-refractivity contribution in [2.75, 3.05) is 21.3 Å². The molecule has 92 valence electrons. The van der Waals surface area contributed by atoms with E-state index in [1.54, 1.807) is 0 Å². The molecule has 0 radical (unpaired) electrons. The zero-order valence-electron chi connectivity index (χ0n) is 10.1. The van der Waals surface area contributed by atoms with Crippen molar-refractivity contribution in [2.45, 2.75) is 31.6 Å². The number of likely N-dealkylation sites (N-methyl/N-ethyl adjacent to an activating group) is 1. The number of hydrogen-bond donors (Lipinski definition) is 1. The molecule has 6 heteroatoms. The summed E-state index contributed by atoms with van der Waals surface area (Å²) in [6.07, 6.45) is 0.450. The molecule has 1 fully saturated rings. The summed E-state index contributed by atoms with van der Waals surface area (Å²) in [5, 5.41) is 2.66. The fourth-order valence-corrected chi connectivity index (χ4v) is 2.06. The zero-order valence-corrected chi connectivity index (χ0v) is 10.1. The Morgan fingerprint density at radius 1 is 1.38 bits per heavy atom. The van der Waals surface area contributed by atoms with Gasteiger partial charge in [0, 0.05) is 21.3 Å². The van der Waals surface area contributed by atoms with Crippen LogP contribution in [0.2, 0.25) is 0 Å². The summed E-state index contributed by atoms with van der Waals surface area (Å²) < 4.78 is 10.2. The maximum absolute atomic E-state index is 12.1. The van der Waals surface area contributed by atoms with Crippen LogP contribution in [0.3, 0.4) is 0 Å². The van der Waals surface area contributed by atoms with Crippen molar-refractivity contribution in [1.29, 1.82) is 0 Å². The smallest absolute Gasteiger partial charge is 0.324 e. The Labute approximate surface area is 94.9 Å². The lowest BCUT2D eigenvalue weighted by Gasteiger charge is -2.32. The standard InChI is InChI=1S/C10H18N2O4/c1-5-6-10(8(15-3)16-4)7(13)12(2)9(14)11-10/h8H,5-6H2,1-4H3,(H,11,14)/t10-/m1/s1. The predicted octanol–water partition coefficient (Wildman–Crippen LogP) is 0.326. The summed E-state index contributed by atoms with van der Waals surface area (Å²) in [4.78, 5) is 24.6. The monoisotopic (exact) mass is 230 g/mol. The molecule has 1 aliphatic rings. The van der Waals surface area contributed by atoms with E-state index < -0.39 is 17.9 Å². The van der Waals surface area contributed by atoms with Gasteiger partial charge in [-0.05, 0) is 6.42 Å². The van der Waals surface area contributed by atoms with Crippen LogP contribution in [-0.2, 0) is 14.3 Å². The molecule has 0 bridgehead atoms. The Morgan fingerprint density at radius 3 is 2.25 bits per heavy atom. The van der Waals surface area contributed by atoms with E-state index in [9.17, 15) is 9.59 Å². The molecule has 0 aromatic carbocycles. The van der Waals surface area contributed by atoms with Crippen molar-refractivity contribution < 1.29 is 19.1 Å². The quantitative estimate of drug-likeness (QED) is 0.546. The Hall–Kier alpha value is -1.14. The molecule has 3 amide bonds. The summed E-state index contributed by atoms with van der Waals surface area (Å²) in [6, 6.07) is -0.419. The number of carbonyl (C=O) groups excluding carboxylic acids is 2. The molecule has 6 nitrogen and oxygen atoms in total. The van der Waals surface area contributed by atoms with Gasteiger partial charge in [0.25, 0.3) is 5.91 Å². The normalized spacial score (nSPS) is 25.4. The molecule has 0 aromatic heterocycles. The number of nitrogens with zero attached hydrogens (tertiary/aromatic N) is 1. The van der Waals surface area contributed by atoms with E-state index in [1.165, 1.54) is 21.3 Å². The lowest BCUT2D eigenvalue weighted by atomic mass is 9.92. The van der Waals surface area contributed by atoms with Crippen LogP contribution in [0.4, 0.5) is 4.79 Å². The summed E-state index contributed by atoms with van der Waals surface area (Å²) in [5.41, 5.74) is -1.09. The van der Waals surface area contributed by atoms with Crippen molar-refractivity contribution in [3.05, 3.63) is 0 Å². The third-order valence-corrected chi connectivity index (χ3v) is 2.80. The number of carbonyl (C=O) groups is 2. The van der Waals surface area contributed by atoms with Gasteiger partial charge in [-0.25, -0.2) is 4.79 Å². The molecule has 0 aliphatic carbocycles. The molecule has 1 aliphatic heterocycles. The van der Waals surface area contributed by atoms with E-state index in [0.29, 0.717) is 6.42 Å². The maximum atomic E-state index is 12.1. The first-order valence-corrected chi connectivity index (χ1v) is 5.19. The van der Waals surface area contributed by atoms with Gasteiger partial charge in [0.2, 0.25) is 0 Å². The van der Waals surface area contributed by atoms with E-state index in [1.807, 2.05) is 6.92 Å². The SMILES string of the molecule is CCC[C@@]1(C(OC)OC)NC(=O)N(C)C1=O. The minimum absolute atomic E-state index is 0.312. The number of nitrogens with one attached hydrogen (secondary N) is 1. The van der Waals surface area contributed by atoms with Gasteiger partial charge in [-0.3, -0.25) is 9.69 Å². The van der Waals surface area contributed by atoms with Gasteiger partial charge in [-0.1, -0.05) is 13.3 Å². The van der Waals surface area contributed by atoms with Crippen LogP contribution in [0.5, 0.6) is 0 Å². The molecule has 1 heterocycles. The van der Waals surface area contributed by atoms with Gasteiger partial charge in [0.15, 0.2) is 11.8 Å². The number of amides is 3. The van der Waals surface area contributed by atoms with E-state index in [4.69, 9.17) is 9.47 Å². The van der Waals surface area contributed by atoms with Crippen molar-refractivity contribution in [1.82, 2.24) is 10.2 Å². The molecule has 0 aromatic rings. The molecule has 1 atom stereocenters.